The van der Waals surface area contributed by atoms with E-state index in [9.17, 15) is 13.2 Å². The highest BCUT2D eigenvalue weighted by Gasteiger charge is 2.21. The number of sulfonamides is 1. The summed E-state index contributed by atoms with van der Waals surface area (Å²) in [4.78, 5) is 13.0. The van der Waals surface area contributed by atoms with Crippen LogP contribution in [0.2, 0.25) is 0 Å². The zero-order valence-electron chi connectivity index (χ0n) is 18.9. The SMILES string of the molecule is COc1ccccc1[C@H](C)NC(=O)c1ccc(C)c(S(=O)(=O)Nc2ccc(C)cc2C)c1. The number of carbonyl (C=O) groups is 1. The van der Waals surface area contributed by atoms with E-state index in [1.54, 1.807) is 32.2 Å². The van der Waals surface area contributed by atoms with Gasteiger partial charge in [-0.3, -0.25) is 9.52 Å². The van der Waals surface area contributed by atoms with Crippen LogP contribution in [0.3, 0.4) is 0 Å². The Balaban J connectivity index is 1.86. The number of benzene rings is 3. The molecule has 7 heteroatoms. The van der Waals surface area contributed by atoms with Crippen LogP contribution < -0.4 is 14.8 Å². The number of anilines is 1. The summed E-state index contributed by atoms with van der Waals surface area (Å²) >= 11 is 0. The Labute approximate surface area is 189 Å². The Bertz CT molecular complexity index is 1250. The van der Waals surface area contributed by atoms with Crippen molar-refractivity contribution in [2.75, 3.05) is 11.8 Å². The number of aryl methyl sites for hydroxylation is 3. The minimum absolute atomic E-state index is 0.0649. The predicted molar refractivity (Wildman–Crippen MR) is 127 cm³/mol. The van der Waals surface area contributed by atoms with Crippen LogP contribution in [0.4, 0.5) is 5.69 Å². The lowest BCUT2D eigenvalue weighted by Crippen LogP contribution is -2.27. The van der Waals surface area contributed by atoms with E-state index in [4.69, 9.17) is 4.74 Å². The maximum Gasteiger partial charge on any atom is 0.262 e. The first-order chi connectivity index (χ1) is 15.1. The number of hydrogen-bond acceptors (Lipinski definition) is 4. The second-order valence-corrected chi connectivity index (χ2v) is 9.49. The Morgan fingerprint density at radius 2 is 1.66 bits per heavy atom. The summed E-state index contributed by atoms with van der Waals surface area (Å²) < 4.78 is 34.2. The maximum absolute atomic E-state index is 13.1. The molecule has 32 heavy (non-hydrogen) atoms. The Morgan fingerprint density at radius 1 is 0.938 bits per heavy atom. The maximum atomic E-state index is 13.1. The number of rotatable bonds is 7. The Kier molecular flexibility index (Phi) is 6.89. The van der Waals surface area contributed by atoms with Gasteiger partial charge in [-0.05, 0) is 63.1 Å². The van der Waals surface area contributed by atoms with Crippen molar-refractivity contribution in [1.82, 2.24) is 5.32 Å². The van der Waals surface area contributed by atoms with E-state index in [0.29, 0.717) is 17.0 Å². The van der Waals surface area contributed by atoms with Crippen molar-refractivity contribution in [2.45, 2.75) is 38.6 Å². The van der Waals surface area contributed by atoms with Crippen molar-refractivity contribution in [1.29, 1.82) is 0 Å². The van der Waals surface area contributed by atoms with Crippen LogP contribution in [0, 0.1) is 20.8 Å². The van der Waals surface area contributed by atoms with Crippen molar-refractivity contribution in [2.24, 2.45) is 0 Å². The number of amides is 1. The number of nitrogens with one attached hydrogen (secondary N) is 2. The number of para-hydroxylation sites is 1. The first kappa shape index (κ1) is 23.3. The van der Waals surface area contributed by atoms with Crippen LogP contribution in [-0.4, -0.2) is 21.4 Å². The van der Waals surface area contributed by atoms with Gasteiger partial charge in [-0.2, -0.15) is 0 Å². The molecule has 1 amide bonds. The second kappa shape index (κ2) is 9.44. The van der Waals surface area contributed by atoms with Crippen LogP contribution in [0.15, 0.2) is 65.6 Å². The van der Waals surface area contributed by atoms with E-state index in [-0.39, 0.29) is 22.4 Å². The zero-order valence-corrected chi connectivity index (χ0v) is 19.7. The predicted octanol–water partition coefficient (Wildman–Crippen LogP) is 4.91. The van der Waals surface area contributed by atoms with Gasteiger partial charge in [0.15, 0.2) is 0 Å². The first-order valence-electron chi connectivity index (χ1n) is 10.3. The van der Waals surface area contributed by atoms with Crippen molar-refractivity contribution < 1.29 is 17.9 Å². The number of ether oxygens (including phenoxy) is 1. The molecule has 0 unspecified atom stereocenters. The van der Waals surface area contributed by atoms with E-state index in [1.165, 1.54) is 6.07 Å². The summed E-state index contributed by atoms with van der Waals surface area (Å²) in [6, 6.07) is 17.3. The molecule has 0 aliphatic carbocycles. The molecule has 0 heterocycles. The molecule has 3 rings (SSSR count). The molecule has 2 N–H and O–H groups in total. The molecule has 168 valence electrons. The lowest BCUT2D eigenvalue weighted by Gasteiger charge is -2.18. The first-order valence-corrected chi connectivity index (χ1v) is 11.7. The summed E-state index contributed by atoms with van der Waals surface area (Å²) in [7, 11) is -2.30. The van der Waals surface area contributed by atoms with Gasteiger partial charge >= 0.3 is 0 Å². The molecule has 6 nitrogen and oxygen atoms in total. The van der Waals surface area contributed by atoms with Gasteiger partial charge in [0, 0.05) is 11.1 Å². The summed E-state index contributed by atoms with van der Waals surface area (Å²) in [5.74, 6) is 0.302. The molecule has 0 saturated carbocycles. The third kappa shape index (κ3) is 5.11. The highest BCUT2D eigenvalue weighted by Crippen LogP contribution is 2.26. The fourth-order valence-corrected chi connectivity index (χ4v) is 4.94. The third-order valence-electron chi connectivity index (χ3n) is 5.32. The fraction of sp³-hybridized carbons (Fsp3) is 0.240. The van der Waals surface area contributed by atoms with E-state index in [0.717, 1.165) is 16.7 Å². The molecule has 0 radical (unpaired) electrons. The molecule has 0 aromatic heterocycles. The average Bonchev–Trinajstić information content (AvgIpc) is 2.75. The van der Waals surface area contributed by atoms with Crippen molar-refractivity contribution in [3.8, 4) is 5.75 Å². The van der Waals surface area contributed by atoms with Crippen LogP contribution in [-0.2, 0) is 10.0 Å². The van der Waals surface area contributed by atoms with E-state index in [2.05, 4.69) is 10.0 Å². The van der Waals surface area contributed by atoms with Gasteiger partial charge < -0.3 is 10.1 Å². The Morgan fingerprint density at radius 3 is 2.34 bits per heavy atom. The van der Waals surface area contributed by atoms with Gasteiger partial charge in [-0.1, -0.05) is 42.0 Å². The van der Waals surface area contributed by atoms with Crippen LogP contribution >= 0.6 is 0 Å². The van der Waals surface area contributed by atoms with Gasteiger partial charge in [0.2, 0.25) is 0 Å². The molecule has 3 aromatic rings. The van der Waals surface area contributed by atoms with Crippen LogP contribution in [0.1, 0.15) is 45.6 Å². The molecule has 0 spiro atoms. The van der Waals surface area contributed by atoms with Crippen molar-refractivity contribution in [3.63, 3.8) is 0 Å². The minimum Gasteiger partial charge on any atom is -0.496 e. The minimum atomic E-state index is -3.88. The molecule has 0 fully saturated rings. The molecular weight excluding hydrogens is 424 g/mol. The highest BCUT2D eigenvalue weighted by atomic mass is 32.2. The summed E-state index contributed by atoms with van der Waals surface area (Å²) in [5.41, 5.74) is 4.03. The quantitative estimate of drug-likeness (QED) is 0.533. The van der Waals surface area contributed by atoms with Gasteiger partial charge in [-0.15, -0.1) is 0 Å². The summed E-state index contributed by atoms with van der Waals surface area (Å²) in [6.45, 7) is 7.35. The third-order valence-corrected chi connectivity index (χ3v) is 6.83. The lowest BCUT2D eigenvalue weighted by molar-refractivity contribution is 0.0939. The largest absolute Gasteiger partial charge is 0.496 e. The summed E-state index contributed by atoms with van der Waals surface area (Å²) in [6.07, 6.45) is 0. The topological polar surface area (TPSA) is 84.5 Å². The molecule has 0 aliphatic rings. The van der Waals surface area contributed by atoms with E-state index >= 15 is 0 Å². The van der Waals surface area contributed by atoms with Crippen LogP contribution in [0.5, 0.6) is 5.75 Å². The standard InChI is InChI=1S/C25H28N2O4S/c1-16-10-13-22(18(3)14-16)27-32(29,30)24-15-20(12-11-17(24)2)25(28)26-19(4)21-8-6-7-9-23(21)31-5/h6-15,19,27H,1-5H3,(H,26,28)/t19-/m0/s1. The monoisotopic (exact) mass is 452 g/mol. The van der Waals surface area contributed by atoms with E-state index in [1.807, 2.05) is 57.2 Å². The smallest absolute Gasteiger partial charge is 0.262 e. The molecule has 0 bridgehead atoms. The van der Waals surface area contributed by atoms with Gasteiger partial charge in [-0.25, -0.2) is 8.42 Å². The zero-order chi connectivity index (χ0) is 23.5. The fourth-order valence-electron chi connectivity index (χ4n) is 3.54. The van der Waals surface area contributed by atoms with Crippen molar-refractivity contribution in [3.05, 3.63) is 88.5 Å². The van der Waals surface area contributed by atoms with Crippen molar-refractivity contribution >= 4 is 21.6 Å². The highest BCUT2D eigenvalue weighted by molar-refractivity contribution is 7.92. The molecule has 1 atom stereocenters. The molecule has 0 aliphatic heterocycles. The number of hydrogen-bond donors (Lipinski definition) is 2. The summed E-state index contributed by atoms with van der Waals surface area (Å²) in [5, 5.41) is 2.92. The number of methoxy groups -OCH3 is 1. The average molecular weight is 453 g/mol. The van der Waals surface area contributed by atoms with E-state index < -0.39 is 10.0 Å². The molecule has 0 saturated heterocycles. The second-order valence-electron chi connectivity index (χ2n) is 7.84. The Hall–Kier alpha value is -3.32. The van der Waals surface area contributed by atoms with Crippen LogP contribution in [0.25, 0.3) is 0 Å². The molecule has 3 aromatic carbocycles. The normalized spacial score (nSPS) is 12.2. The number of carbonyl (C=O) groups excluding carboxylic acids is 1. The lowest BCUT2D eigenvalue weighted by atomic mass is 10.1. The van der Waals surface area contributed by atoms with Gasteiger partial charge in [0.05, 0.1) is 23.7 Å². The molecular formula is C25H28N2O4S. The van der Waals surface area contributed by atoms with Gasteiger partial charge in [0.25, 0.3) is 15.9 Å². The van der Waals surface area contributed by atoms with Gasteiger partial charge in [0.1, 0.15) is 5.75 Å².